The zero-order valence-corrected chi connectivity index (χ0v) is 15.4. The lowest BCUT2D eigenvalue weighted by atomic mass is 10.0. The Labute approximate surface area is 142 Å². The lowest BCUT2D eigenvalue weighted by Crippen LogP contribution is -2.19. The van der Waals surface area contributed by atoms with Crippen LogP contribution in [0.2, 0.25) is 0 Å². The van der Waals surface area contributed by atoms with Crippen molar-refractivity contribution in [1.29, 1.82) is 0 Å². The third kappa shape index (κ3) is 4.28. The largest absolute Gasteiger partial charge is 0.491 e. The minimum Gasteiger partial charge on any atom is -0.491 e. The Morgan fingerprint density at radius 2 is 1.95 bits per heavy atom. The minimum absolute atomic E-state index is 0.00295. The molecule has 1 aromatic heterocycles. The van der Waals surface area contributed by atoms with Crippen LogP contribution in [0.25, 0.3) is 0 Å². The van der Waals surface area contributed by atoms with E-state index < -0.39 is 0 Å². The smallest absolute Gasteiger partial charge is 0.120 e. The highest BCUT2D eigenvalue weighted by atomic mass is 79.9. The molecule has 21 heavy (non-hydrogen) atoms. The highest BCUT2D eigenvalue weighted by molar-refractivity contribution is 9.11. The van der Waals surface area contributed by atoms with Crippen LogP contribution in [-0.4, -0.2) is 18.1 Å². The van der Waals surface area contributed by atoms with Gasteiger partial charge in [-0.1, -0.05) is 12.1 Å². The van der Waals surface area contributed by atoms with E-state index in [0.717, 1.165) is 26.0 Å². The van der Waals surface area contributed by atoms with E-state index in [1.807, 2.05) is 39.1 Å². The molecule has 1 heterocycles. The molecule has 0 aliphatic heterocycles. The Morgan fingerprint density at radius 3 is 2.57 bits per heavy atom. The number of pyridine rings is 1. The molecule has 2 aromatic rings. The van der Waals surface area contributed by atoms with Crippen molar-refractivity contribution < 1.29 is 4.74 Å². The third-order valence-corrected chi connectivity index (χ3v) is 4.03. The molecule has 112 valence electrons. The molecule has 0 aliphatic carbocycles. The molecule has 0 spiro atoms. The molecule has 0 aliphatic rings. The van der Waals surface area contributed by atoms with Crippen molar-refractivity contribution in [1.82, 2.24) is 10.3 Å². The van der Waals surface area contributed by atoms with E-state index in [4.69, 9.17) is 4.74 Å². The van der Waals surface area contributed by atoms with Crippen LogP contribution in [0.1, 0.15) is 31.1 Å². The van der Waals surface area contributed by atoms with Gasteiger partial charge in [0.05, 0.1) is 17.8 Å². The highest BCUT2D eigenvalue weighted by Crippen LogP contribution is 2.30. The monoisotopic (exact) mass is 412 g/mol. The first-order valence-electron chi connectivity index (χ1n) is 6.76. The van der Waals surface area contributed by atoms with Crippen molar-refractivity contribution in [2.24, 2.45) is 0 Å². The standard InChI is InChI=1S/C16H18Br2N2O/c1-10(2)21-13-6-4-5-11(7-13)15(19-3)16-14(18)8-12(17)9-20-16/h4-10,15,19H,1-3H3. The molecule has 1 unspecified atom stereocenters. The van der Waals surface area contributed by atoms with Crippen molar-refractivity contribution in [3.8, 4) is 5.75 Å². The van der Waals surface area contributed by atoms with Crippen LogP contribution in [0.3, 0.4) is 0 Å². The van der Waals surface area contributed by atoms with E-state index in [1.165, 1.54) is 0 Å². The van der Waals surface area contributed by atoms with E-state index in [1.54, 1.807) is 6.20 Å². The SMILES string of the molecule is CNC(c1cccc(OC(C)C)c1)c1ncc(Br)cc1Br. The molecular formula is C16H18Br2N2O. The van der Waals surface area contributed by atoms with Gasteiger partial charge in [0.25, 0.3) is 0 Å². The molecule has 3 nitrogen and oxygen atoms in total. The van der Waals surface area contributed by atoms with Gasteiger partial charge in [0, 0.05) is 15.1 Å². The number of hydrogen-bond donors (Lipinski definition) is 1. The van der Waals surface area contributed by atoms with E-state index in [9.17, 15) is 0 Å². The van der Waals surface area contributed by atoms with Crippen LogP contribution >= 0.6 is 31.9 Å². The number of nitrogens with one attached hydrogen (secondary N) is 1. The number of rotatable bonds is 5. The van der Waals surface area contributed by atoms with Crippen molar-refractivity contribution in [3.63, 3.8) is 0 Å². The maximum atomic E-state index is 5.77. The minimum atomic E-state index is 0.00295. The summed E-state index contributed by atoms with van der Waals surface area (Å²) in [6, 6.07) is 10.1. The number of ether oxygens (including phenoxy) is 1. The van der Waals surface area contributed by atoms with Gasteiger partial charge in [-0.2, -0.15) is 0 Å². The number of hydrogen-bond acceptors (Lipinski definition) is 3. The average molecular weight is 414 g/mol. The van der Waals surface area contributed by atoms with Gasteiger partial charge in [0.15, 0.2) is 0 Å². The lowest BCUT2D eigenvalue weighted by molar-refractivity contribution is 0.242. The van der Waals surface area contributed by atoms with Gasteiger partial charge < -0.3 is 10.1 Å². The molecule has 1 aromatic carbocycles. The summed E-state index contributed by atoms with van der Waals surface area (Å²) in [4.78, 5) is 4.52. The molecule has 5 heteroatoms. The van der Waals surface area contributed by atoms with Crippen LogP contribution < -0.4 is 10.1 Å². The zero-order chi connectivity index (χ0) is 15.4. The summed E-state index contributed by atoms with van der Waals surface area (Å²) in [5.74, 6) is 0.871. The summed E-state index contributed by atoms with van der Waals surface area (Å²) in [7, 11) is 1.93. The van der Waals surface area contributed by atoms with Crippen molar-refractivity contribution in [2.75, 3.05) is 7.05 Å². The predicted octanol–water partition coefficient (Wildman–Crippen LogP) is 4.70. The number of aromatic nitrogens is 1. The summed E-state index contributed by atoms with van der Waals surface area (Å²) >= 11 is 7.01. The van der Waals surface area contributed by atoms with Crippen molar-refractivity contribution in [3.05, 3.63) is 56.7 Å². The molecule has 0 amide bonds. The first kappa shape index (κ1) is 16.5. The number of halogens is 2. The Balaban J connectivity index is 2.37. The summed E-state index contributed by atoms with van der Waals surface area (Å²) in [6.07, 6.45) is 1.96. The maximum absolute atomic E-state index is 5.77. The molecule has 1 N–H and O–H groups in total. The van der Waals surface area contributed by atoms with Gasteiger partial charge in [-0.25, -0.2) is 0 Å². The normalized spacial score (nSPS) is 12.5. The van der Waals surface area contributed by atoms with Gasteiger partial charge >= 0.3 is 0 Å². The summed E-state index contributed by atoms with van der Waals surface area (Å²) in [6.45, 7) is 4.05. The summed E-state index contributed by atoms with van der Waals surface area (Å²) in [5.41, 5.74) is 2.06. The van der Waals surface area contributed by atoms with Crippen molar-refractivity contribution in [2.45, 2.75) is 26.0 Å². The Kier molecular flexibility index (Phi) is 5.79. The fraction of sp³-hybridized carbons (Fsp3) is 0.312. The highest BCUT2D eigenvalue weighted by Gasteiger charge is 2.17. The molecule has 0 radical (unpaired) electrons. The van der Waals surface area contributed by atoms with Gasteiger partial charge in [0.2, 0.25) is 0 Å². The molecular weight excluding hydrogens is 396 g/mol. The van der Waals surface area contributed by atoms with E-state index in [-0.39, 0.29) is 12.1 Å². The number of nitrogens with zero attached hydrogens (tertiary/aromatic N) is 1. The number of benzene rings is 1. The first-order valence-corrected chi connectivity index (χ1v) is 8.34. The molecule has 0 saturated heterocycles. The van der Waals surface area contributed by atoms with Gasteiger partial charge in [-0.15, -0.1) is 0 Å². The Morgan fingerprint density at radius 1 is 1.19 bits per heavy atom. The molecule has 0 saturated carbocycles. The first-order chi connectivity index (χ1) is 10.0. The third-order valence-electron chi connectivity index (χ3n) is 2.96. The van der Waals surface area contributed by atoms with E-state index >= 15 is 0 Å². The maximum Gasteiger partial charge on any atom is 0.120 e. The van der Waals surface area contributed by atoms with Gasteiger partial charge in [-0.05, 0) is 76.5 Å². The van der Waals surface area contributed by atoms with Crippen LogP contribution in [0, 0.1) is 0 Å². The van der Waals surface area contributed by atoms with Crippen LogP contribution in [-0.2, 0) is 0 Å². The predicted molar refractivity (Wildman–Crippen MR) is 92.7 cm³/mol. The Hall–Kier alpha value is -0.910. The fourth-order valence-electron chi connectivity index (χ4n) is 2.14. The summed E-state index contributed by atoms with van der Waals surface area (Å²) < 4.78 is 7.68. The van der Waals surface area contributed by atoms with Crippen LogP contribution in [0.4, 0.5) is 0 Å². The van der Waals surface area contributed by atoms with Gasteiger partial charge in [-0.3, -0.25) is 4.98 Å². The molecule has 1 atom stereocenters. The zero-order valence-electron chi connectivity index (χ0n) is 12.2. The van der Waals surface area contributed by atoms with E-state index in [0.29, 0.717) is 0 Å². The van der Waals surface area contributed by atoms with Crippen LogP contribution in [0.15, 0.2) is 45.5 Å². The quantitative estimate of drug-likeness (QED) is 0.771. The second-order valence-electron chi connectivity index (χ2n) is 4.98. The second-order valence-corrected chi connectivity index (χ2v) is 6.75. The second kappa shape index (κ2) is 7.38. The van der Waals surface area contributed by atoms with Gasteiger partial charge in [0.1, 0.15) is 5.75 Å². The van der Waals surface area contributed by atoms with Crippen molar-refractivity contribution >= 4 is 31.9 Å². The topological polar surface area (TPSA) is 34.1 Å². The molecule has 0 bridgehead atoms. The van der Waals surface area contributed by atoms with Crippen LogP contribution in [0.5, 0.6) is 5.75 Å². The lowest BCUT2D eigenvalue weighted by Gasteiger charge is -2.19. The average Bonchev–Trinajstić information content (AvgIpc) is 2.41. The molecule has 0 fully saturated rings. The molecule has 2 rings (SSSR count). The fourth-order valence-corrected chi connectivity index (χ4v) is 3.35. The Bertz CT molecular complexity index is 617. The van der Waals surface area contributed by atoms with E-state index in [2.05, 4.69) is 54.3 Å². The summed E-state index contributed by atoms with van der Waals surface area (Å²) in [5, 5.41) is 3.31.